The first-order valence-electron chi connectivity index (χ1n) is 10.9. The van der Waals surface area contributed by atoms with E-state index in [1.807, 2.05) is 24.3 Å². The lowest BCUT2D eigenvalue weighted by Gasteiger charge is -2.25. The molecule has 3 rings (SSSR count). The highest BCUT2D eigenvalue weighted by atomic mass is 35.5. The van der Waals surface area contributed by atoms with Crippen molar-refractivity contribution in [3.63, 3.8) is 0 Å². The van der Waals surface area contributed by atoms with Crippen molar-refractivity contribution in [1.82, 2.24) is 5.32 Å². The lowest BCUT2D eigenvalue weighted by atomic mass is 10.0. The third kappa shape index (κ3) is 6.45. The second-order valence-corrected chi connectivity index (χ2v) is 8.97. The van der Waals surface area contributed by atoms with Gasteiger partial charge in [-0.1, -0.05) is 29.8 Å². The molecule has 2 aromatic rings. The largest absolute Gasteiger partial charge is 0.476 e. The van der Waals surface area contributed by atoms with Gasteiger partial charge in [0.05, 0.1) is 12.7 Å². The standard InChI is InChI=1S/C25H32ClNO4/c1-4-30-24(29)25(2,3)31-22-12-11-17-7-6-10-21(14-19(17)15-22)27-16-23(28)18-8-5-9-20(26)13-18/h5,8-9,11-13,15,21,23,27-28H,4,6-7,10,14,16H2,1-3H3/t21-,23-/m0/s1. The van der Waals surface area contributed by atoms with Crippen LogP contribution in [0.4, 0.5) is 0 Å². The number of carbonyl (C=O) groups is 1. The van der Waals surface area contributed by atoms with Crippen molar-refractivity contribution in [2.75, 3.05) is 13.2 Å². The van der Waals surface area contributed by atoms with Crippen molar-refractivity contribution in [2.45, 2.75) is 64.2 Å². The third-order valence-electron chi connectivity index (χ3n) is 5.62. The molecule has 1 aliphatic rings. The summed E-state index contributed by atoms with van der Waals surface area (Å²) in [4.78, 5) is 12.2. The van der Waals surface area contributed by atoms with Crippen molar-refractivity contribution in [1.29, 1.82) is 0 Å². The smallest absolute Gasteiger partial charge is 0.349 e. The number of aliphatic hydroxyl groups is 1. The van der Waals surface area contributed by atoms with Gasteiger partial charge in [-0.15, -0.1) is 0 Å². The maximum Gasteiger partial charge on any atom is 0.349 e. The Morgan fingerprint density at radius 3 is 2.81 bits per heavy atom. The number of rotatable bonds is 8. The average molecular weight is 446 g/mol. The predicted molar refractivity (Wildman–Crippen MR) is 123 cm³/mol. The fourth-order valence-electron chi connectivity index (χ4n) is 3.93. The molecule has 168 valence electrons. The van der Waals surface area contributed by atoms with E-state index in [-0.39, 0.29) is 12.0 Å². The van der Waals surface area contributed by atoms with Gasteiger partial charge in [-0.05, 0) is 87.4 Å². The molecule has 2 N–H and O–H groups in total. The molecule has 31 heavy (non-hydrogen) atoms. The molecule has 0 saturated carbocycles. The number of halogens is 1. The fraction of sp³-hybridized carbons (Fsp3) is 0.480. The summed E-state index contributed by atoms with van der Waals surface area (Å²) in [5.41, 5.74) is 2.28. The van der Waals surface area contributed by atoms with E-state index < -0.39 is 11.7 Å². The average Bonchev–Trinajstić information content (AvgIpc) is 2.93. The Labute approximate surface area is 189 Å². The molecule has 0 heterocycles. The van der Waals surface area contributed by atoms with Gasteiger partial charge in [0.2, 0.25) is 0 Å². The van der Waals surface area contributed by atoms with Crippen LogP contribution in [0.5, 0.6) is 5.75 Å². The highest BCUT2D eigenvalue weighted by Crippen LogP contribution is 2.28. The summed E-state index contributed by atoms with van der Waals surface area (Å²) in [5.74, 6) is 0.288. The van der Waals surface area contributed by atoms with E-state index in [2.05, 4.69) is 11.4 Å². The number of fused-ring (bicyclic) bond motifs is 1. The minimum atomic E-state index is -1.05. The number of aliphatic hydroxyl groups excluding tert-OH is 1. The number of nitrogens with one attached hydrogen (secondary N) is 1. The highest BCUT2D eigenvalue weighted by molar-refractivity contribution is 6.30. The number of benzene rings is 2. The summed E-state index contributed by atoms with van der Waals surface area (Å²) in [6.07, 6.45) is 3.34. The summed E-state index contributed by atoms with van der Waals surface area (Å²) in [6.45, 7) is 6.01. The van der Waals surface area contributed by atoms with Crippen molar-refractivity contribution < 1.29 is 19.4 Å². The van der Waals surface area contributed by atoms with Crippen LogP contribution >= 0.6 is 11.6 Å². The molecule has 1 aliphatic carbocycles. The summed E-state index contributed by atoms with van der Waals surface area (Å²) in [5, 5.41) is 14.7. The zero-order valence-corrected chi connectivity index (χ0v) is 19.2. The molecule has 2 aromatic carbocycles. The van der Waals surface area contributed by atoms with Crippen LogP contribution < -0.4 is 10.1 Å². The number of esters is 1. The van der Waals surface area contributed by atoms with Crippen molar-refractivity contribution in [2.24, 2.45) is 0 Å². The van der Waals surface area contributed by atoms with Gasteiger partial charge in [0.15, 0.2) is 5.60 Å². The molecule has 0 bridgehead atoms. The maximum atomic E-state index is 12.2. The van der Waals surface area contributed by atoms with Crippen LogP contribution in [0.25, 0.3) is 0 Å². The molecule has 0 spiro atoms. The Bertz CT molecular complexity index is 899. The van der Waals surface area contributed by atoms with Crippen LogP contribution in [0.2, 0.25) is 5.02 Å². The van der Waals surface area contributed by atoms with E-state index in [1.165, 1.54) is 11.1 Å². The van der Waals surface area contributed by atoms with Crippen LogP contribution in [0.15, 0.2) is 42.5 Å². The van der Waals surface area contributed by atoms with E-state index in [1.54, 1.807) is 32.9 Å². The van der Waals surface area contributed by atoms with Gasteiger partial charge >= 0.3 is 5.97 Å². The Balaban J connectivity index is 1.65. The lowest BCUT2D eigenvalue weighted by Crippen LogP contribution is -2.39. The Morgan fingerprint density at radius 1 is 1.26 bits per heavy atom. The number of hydrogen-bond donors (Lipinski definition) is 2. The van der Waals surface area contributed by atoms with Gasteiger partial charge in [0, 0.05) is 17.6 Å². The van der Waals surface area contributed by atoms with Crippen molar-refractivity contribution >= 4 is 17.6 Å². The van der Waals surface area contributed by atoms with E-state index >= 15 is 0 Å². The Morgan fingerprint density at radius 2 is 2.06 bits per heavy atom. The zero-order chi connectivity index (χ0) is 22.4. The first-order chi connectivity index (χ1) is 14.8. The van der Waals surface area contributed by atoms with Gasteiger partial charge < -0.3 is 19.9 Å². The number of carbonyl (C=O) groups excluding carboxylic acids is 1. The Kier molecular flexibility index (Phi) is 7.98. The minimum Gasteiger partial charge on any atom is -0.476 e. The topological polar surface area (TPSA) is 67.8 Å². The molecule has 2 atom stereocenters. The SMILES string of the molecule is CCOC(=O)C(C)(C)Oc1ccc2c(c1)C[C@@H](NC[C@H](O)c1cccc(Cl)c1)CCC2. The molecule has 0 fully saturated rings. The lowest BCUT2D eigenvalue weighted by molar-refractivity contribution is -0.158. The van der Waals surface area contributed by atoms with Crippen LogP contribution in [-0.4, -0.2) is 35.9 Å². The molecule has 0 aliphatic heterocycles. The van der Waals surface area contributed by atoms with E-state index in [4.69, 9.17) is 21.1 Å². The monoisotopic (exact) mass is 445 g/mol. The van der Waals surface area contributed by atoms with Crippen molar-refractivity contribution in [3.8, 4) is 5.75 Å². The van der Waals surface area contributed by atoms with Crippen LogP contribution in [0.1, 0.15) is 56.4 Å². The molecule has 5 nitrogen and oxygen atoms in total. The summed E-state index contributed by atoms with van der Waals surface area (Å²) in [7, 11) is 0. The van der Waals surface area contributed by atoms with Gasteiger partial charge in [-0.25, -0.2) is 4.79 Å². The van der Waals surface area contributed by atoms with Crippen LogP contribution in [0, 0.1) is 0 Å². The molecule has 6 heteroatoms. The molecule has 0 unspecified atom stereocenters. The van der Waals surface area contributed by atoms with Crippen molar-refractivity contribution in [3.05, 3.63) is 64.2 Å². The van der Waals surface area contributed by atoms with Crippen LogP contribution in [-0.2, 0) is 22.4 Å². The van der Waals surface area contributed by atoms with Gasteiger partial charge in [0.1, 0.15) is 5.75 Å². The summed E-state index contributed by atoms with van der Waals surface area (Å²) < 4.78 is 11.1. The highest BCUT2D eigenvalue weighted by Gasteiger charge is 2.32. The van der Waals surface area contributed by atoms with Gasteiger partial charge in [-0.3, -0.25) is 0 Å². The van der Waals surface area contributed by atoms with E-state index in [0.29, 0.717) is 23.9 Å². The van der Waals surface area contributed by atoms with E-state index in [0.717, 1.165) is 31.2 Å². The van der Waals surface area contributed by atoms with Gasteiger partial charge in [0.25, 0.3) is 0 Å². The first kappa shape index (κ1) is 23.6. The predicted octanol–water partition coefficient (Wildman–Crippen LogP) is 4.63. The fourth-order valence-corrected chi connectivity index (χ4v) is 4.13. The summed E-state index contributed by atoms with van der Waals surface area (Å²) >= 11 is 6.04. The van der Waals surface area contributed by atoms with Crippen LogP contribution in [0.3, 0.4) is 0 Å². The quantitative estimate of drug-likeness (QED) is 0.458. The number of hydrogen-bond acceptors (Lipinski definition) is 5. The third-order valence-corrected chi connectivity index (χ3v) is 5.85. The summed E-state index contributed by atoms with van der Waals surface area (Å²) in [6, 6.07) is 13.6. The second-order valence-electron chi connectivity index (χ2n) is 8.54. The molecule has 0 saturated heterocycles. The maximum absolute atomic E-state index is 12.2. The van der Waals surface area contributed by atoms with E-state index in [9.17, 15) is 9.90 Å². The minimum absolute atomic E-state index is 0.253. The normalized spacial score (nSPS) is 17.4. The first-order valence-corrected chi connectivity index (χ1v) is 11.3. The molecule has 0 radical (unpaired) electrons. The van der Waals surface area contributed by atoms with Gasteiger partial charge in [-0.2, -0.15) is 0 Å². The second kappa shape index (κ2) is 10.5. The molecule has 0 amide bonds. The number of ether oxygens (including phenoxy) is 2. The Hall–Kier alpha value is -2.08. The zero-order valence-electron chi connectivity index (χ0n) is 18.5. The molecular formula is C25H32ClNO4. The molecule has 0 aromatic heterocycles. The number of aryl methyl sites for hydroxylation is 1. The molecular weight excluding hydrogens is 414 g/mol.